The van der Waals surface area contributed by atoms with Gasteiger partial charge in [0.1, 0.15) is 0 Å². The highest BCUT2D eigenvalue weighted by Gasteiger charge is 2.54. The number of hydrogen-bond donors (Lipinski definition) is 3. The van der Waals surface area contributed by atoms with Crippen molar-refractivity contribution in [2.75, 3.05) is 7.11 Å². The van der Waals surface area contributed by atoms with Gasteiger partial charge in [-0.25, -0.2) is 0 Å². The van der Waals surface area contributed by atoms with Crippen molar-refractivity contribution < 1.29 is 34.2 Å². The second-order valence-corrected chi connectivity index (χ2v) is 6.88. The molecule has 0 spiro atoms. The fourth-order valence-electron chi connectivity index (χ4n) is 2.55. The number of phenolic OH excluding ortho intramolecular Hbond substituents is 3. The van der Waals surface area contributed by atoms with E-state index in [1.807, 2.05) is 27.7 Å². The van der Waals surface area contributed by atoms with Crippen LogP contribution in [0.25, 0.3) is 0 Å². The molecule has 1 aliphatic heterocycles. The van der Waals surface area contributed by atoms with Crippen molar-refractivity contribution in [3.8, 4) is 17.2 Å². The van der Waals surface area contributed by atoms with E-state index in [9.17, 15) is 20.1 Å². The number of rotatable bonds is 4. The van der Waals surface area contributed by atoms with Gasteiger partial charge in [0, 0.05) is 5.82 Å². The van der Waals surface area contributed by atoms with Crippen molar-refractivity contribution in [2.45, 2.75) is 51.1 Å². The Morgan fingerprint density at radius 2 is 1.67 bits per heavy atom. The molecule has 0 bridgehead atoms. The molecule has 3 N–H and O–H groups in total. The number of esters is 1. The van der Waals surface area contributed by atoms with Crippen LogP contribution < -0.4 is 0 Å². The Balaban J connectivity index is 2.44. The van der Waals surface area contributed by atoms with Crippen LogP contribution in [-0.4, -0.2) is 46.7 Å². The predicted molar refractivity (Wildman–Crippen MR) is 86.9 cm³/mol. The summed E-state index contributed by atoms with van der Waals surface area (Å²) in [7, 11) is 0.432. The van der Waals surface area contributed by atoms with Crippen LogP contribution in [0.2, 0.25) is 0 Å². The average Bonchev–Trinajstić information content (AvgIpc) is 2.71. The van der Waals surface area contributed by atoms with E-state index in [1.54, 1.807) is 0 Å². The Hall–Kier alpha value is -1.93. The van der Waals surface area contributed by atoms with Crippen molar-refractivity contribution in [1.29, 1.82) is 0 Å². The first kappa shape index (κ1) is 18.4. The van der Waals surface area contributed by atoms with Gasteiger partial charge in [0.25, 0.3) is 0 Å². The molecule has 1 unspecified atom stereocenters. The molecule has 8 heteroatoms. The van der Waals surface area contributed by atoms with Gasteiger partial charge in [0.2, 0.25) is 5.75 Å². The molecular formula is C16H23BO7. The number of phenols is 3. The summed E-state index contributed by atoms with van der Waals surface area (Å²) in [5.41, 5.74) is -1.02. The van der Waals surface area contributed by atoms with Gasteiger partial charge in [-0.3, -0.25) is 4.79 Å². The third-order valence-electron chi connectivity index (χ3n) is 4.77. The SMILES string of the molecule is COC(=O)CC(B1OC(C)(C)C(C)(C)O1)c1ccc(O)c(O)c1O. The number of benzene rings is 1. The van der Waals surface area contributed by atoms with Crippen molar-refractivity contribution >= 4 is 13.1 Å². The van der Waals surface area contributed by atoms with Gasteiger partial charge >= 0.3 is 13.1 Å². The molecule has 1 fully saturated rings. The fourth-order valence-corrected chi connectivity index (χ4v) is 2.55. The lowest BCUT2D eigenvalue weighted by Crippen LogP contribution is -2.41. The standard InChI is InChI=1S/C16H23BO7/c1-15(2)16(3,4)24-17(23-15)10(8-12(19)22-5)9-6-7-11(18)14(21)13(9)20/h6-7,10,18,20-21H,8H2,1-5H3. The number of aromatic hydroxyl groups is 3. The molecule has 0 saturated carbocycles. The highest BCUT2D eigenvalue weighted by molar-refractivity contribution is 6.48. The molecule has 1 aromatic rings. The third-order valence-corrected chi connectivity index (χ3v) is 4.77. The van der Waals surface area contributed by atoms with Gasteiger partial charge in [-0.05, 0) is 39.3 Å². The first-order valence-corrected chi connectivity index (χ1v) is 7.66. The maximum Gasteiger partial charge on any atom is 0.466 e. The maximum absolute atomic E-state index is 11.8. The van der Waals surface area contributed by atoms with E-state index >= 15 is 0 Å². The number of carbonyl (C=O) groups excluding carboxylic acids is 1. The molecule has 1 atom stereocenters. The summed E-state index contributed by atoms with van der Waals surface area (Å²) in [5.74, 6) is -2.86. The summed E-state index contributed by atoms with van der Waals surface area (Å²) in [6.45, 7) is 7.49. The van der Waals surface area contributed by atoms with Crippen LogP contribution in [0.3, 0.4) is 0 Å². The lowest BCUT2D eigenvalue weighted by atomic mass is 9.66. The van der Waals surface area contributed by atoms with Crippen LogP contribution in [0.15, 0.2) is 12.1 Å². The molecule has 2 rings (SSSR count). The lowest BCUT2D eigenvalue weighted by Gasteiger charge is -2.32. The number of hydrogen-bond acceptors (Lipinski definition) is 7. The minimum Gasteiger partial charge on any atom is -0.504 e. The summed E-state index contributed by atoms with van der Waals surface area (Å²) >= 11 is 0. The van der Waals surface area contributed by atoms with Crippen LogP contribution in [0.4, 0.5) is 0 Å². The third kappa shape index (κ3) is 3.16. The average molecular weight is 338 g/mol. The molecule has 0 amide bonds. The highest BCUT2D eigenvalue weighted by Crippen LogP contribution is 2.46. The second-order valence-electron chi connectivity index (χ2n) is 6.88. The van der Waals surface area contributed by atoms with Gasteiger partial charge in [-0.1, -0.05) is 6.07 Å². The number of carbonyl (C=O) groups is 1. The zero-order valence-electron chi connectivity index (χ0n) is 14.5. The largest absolute Gasteiger partial charge is 0.504 e. The summed E-state index contributed by atoms with van der Waals surface area (Å²) in [6.07, 6.45) is -0.120. The van der Waals surface area contributed by atoms with Crippen LogP contribution in [-0.2, 0) is 18.8 Å². The van der Waals surface area contributed by atoms with Gasteiger partial charge in [0.15, 0.2) is 11.5 Å². The summed E-state index contributed by atoms with van der Waals surface area (Å²) in [5, 5.41) is 29.5. The molecule has 0 aliphatic carbocycles. The maximum atomic E-state index is 11.8. The first-order valence-electron chi connectivity index (χ1n) is 7.66. The second kappa shape index (κ2) is 6.18. The number of ether oxygens (including phenoxy) is 1. The Labute approximate surface area is 141 Å². The van der Waals surface area contributed by atoms with Gasteiger partial charge < -0.3 is 29.4 Å². The summed E-state index contributed by atoms with van der Waals surface area (Å²) < 4.78 is 16.6. The van der Waals surface area contributed by atoms with Crippen LogP contribution >= 0.6 is 0 Å². The lowest BCUT2D eigenvalue weighted by molar-refractivity contribution is -0.140. The van der Waals surface area contributed by atoms with E-state index in [1.165, 1.54) is 19.2 Å². The molecular weight excluding hydrogens is 315 g/mol. The molecule has 24 heavy (non-hydrogen) atoms. The predicted octanol–water partition coefficient (Wildman–Crippen LogP) is 2.08. The normalized spacial score (nSPS) is 20.0. The van der Waals surface area contributed by atoms with Crippen molar-refractivity contribution in [2.24, 2.45) is 0 Å². The van der Waals surface area contributed by atoms with Crippen LogP contribution in [0, 0.1) is 0 Å². The molecule has 7 nitrogen and oxygen atoms in total. The van der Waals surface area contributed by atoms with E-state index in [0.717, 1.165) is 0 Å². The quantitative estimate of drug-likeness (QED) is 0.438. The molecule has 1 saturated heterocycles. The molecule has 0 radical (unpaired) electrons. The van der Waals surface area contributed by atoms with Crippen LogP contribution in [0.5, 0.6) is 17.2 Å². The van der Waals surface area contributed by atoms with E-state index < -0.39 is 47.4 Å². The van der Waals surface area contributed by atoms with E-state index in [-0.39, 0.29) is 12.0 Å². The molecule has 1 heterocycles. The molecule has 132 valence electrons. The van der Waals surface area contributed by atoms with Gasteiger partial charge in [-0.2, -0.15) is 0 Å². The highest BCUT2D eigenvalue weighted by atomic mass is 16.7. The topological polar surface area (TPSA) is 105 Å². The minimum absolute atomic E-state index is 0.120. The van der Waals surface area contributed by atoms with Crippen molar-refractivity contribution in [3.05, 3.63) is 17.7 Å². The Morgan fingerprint density at radius 1 is 1.12 bits per heavy atom. The van der Waals surface area contributed by atoms with Crippen molar-refractivity contribution in [1.82, 2.24) is 0 Å². The summed E-state index contributed by atoms with van der Waals surface area (Å²) in [6, 6.07) is 2.66. The van der Waals surface area contributed by atoms with Crippen molar-refractivity contribution in [3.63, 3.8) is 0 Å². The molecule has 1 aromatic carbocycles. The van der Waals surface area contributed by atoms with E-state index in [0.29, 0.717) is 0 Å². The first-order chi connectivity index (χ1) is 11.0. The van der Waals surface area contributed by atoms with Gasteiger partial charge in [0.05, 0.1) is 24.7 Å². The minimum atomic E-state index is -0.830. The smallest absolute Gasteiger partial charge is 0.466 e. The zero-order chi connectivity index (χ0) is 18.3. The van der Waals surface area contributed by atoms with E-state index in [2.05, 4.69) is 0 Å². The molecule has 0 aromatic heterocycles. The summed E-state index contributed by atoms with van der Waals surface area (Å²) in [4.78, 5) is 11.8. The van der Waals surface area contributed by atoms with Crippen LogP contribution in [0.1, 0.15) is 45.5 Å². The zero-order valence-corrected chi connectivity index (χ0v) is 14.5. The Kier molecular flexibility index (Phi) is 4.74. The van der Waals surface area contributed by atoms with Gasteiger partial charge in [-0.15, -0.1) is 0 Å². The van der Waals surface area contributed by atoms with E-state index in [4.69, 9.17) is 14.0 Å². The number of methoxy groups -OCH3 is 1. The Bertz CT molecular complexity index is 626. The Morgan fingerprint density at radius 3 is 2.17 bits per heavy atom. The monoisotopic (exact) mass is 338 g/mol. The fraction of sp³-hybridized carbons (Fsp3) is 0.562. The molecule has 1 aliphatic rings.